The second-order valence-corrected chi connectivity index (χ2v) is 13.5. The zero-order valence-corrected chi connectivity index (χ0v) is 28.8. The van der Waals surface area contributed by atoms with Crippen molar-refractivity contribution in [2.75, 3.05) is 13.2 Å². The summed E-state index contributed by atoms with van der Waals surface area (Å²) in [5.41, 5.74) is 4.61. The van der Waals surface area contributed by atoms with E-state index in [1.807, 2.05) is 0 Å². The van der Waals surface area contributed by atoms with Gasteiger partial charge in [-0.2, -0.15) is 0 Å². The zero-order valence-electron chi connectivity index (χ0n) is 27.9. The molecule has 0 heterocycles. The van der Waals surface area contributed by atoms with Crippen molar-refractivity contribution in [1.82, 2.24) is 0 Å². The Morgan fingerprint density at radius 2 is 1.02 bits per heavy atom. The first-order valence-corrected chi connectivity index (χ1v) is 19.1. The molecule has 1 rings (SSSR count). The Morgan fingerprint density at radius 1 is 0.585 bits per heavy atom. The Balaban J connectivity index is 2.22. The van der Waals surface area contributed by atoms with Gasteiger partial charge < -0.3 is 13.9 Å². The van der Waals surface area contributed by atoms with Gasteiger partial charge in [-0.25, -0.2) is 0 Å². The molecule has 0 amide bonds. The van der Waals surface area contributed by atoms with E-state index in [1.54, 1.807) is 11.1 Å². The average Bonchev–Trinajstić information content (AvgIpc) is 2.97. The maximum absolute atomic E-state index is 10.1. The van der Waals surface area contributed by atoms with Crippen molar-refractivity contribution in [3.8, 4) is 0 Å². The normalized spacial score (nSPS) is 13.1. The Labute approximate surface area is 258 Å². The Morgan fingerprint density at radius 3 is 1.54 bits per heavy atom. The summed E-state index contributed by atoms with van der Waals surface area (Å²) in [6.07, 6.45) is 31.0. The Kier molecular flexibility index (Phi) is 26.6. The molecule has 4 heteroatoms. The summed E-state index contributed by atoms with van der Waals surface area (Å²) in [4.78, 5) is 10.1. The fraction of sp³-hybridized carbons (Fsp3) is 0.838. The molecule has 0 radical (unpaired) electrons. The summed E-state index contributed by atoms with van der Waals surface area (Å²) in [6.45, 7) is 10.3. The molecule has 2 unspecified atom stereocenters. The summed E-state index contributed by atoms with van der Waals surface area (Å²) in [7, 11) is -1.72. The number of aryl methyl sites for hydroxylation is 2. The molecule has 0 saturated carbocycles. The molecule has 0 aliphatic rings. The van der Waals surface area contributed by atoms with Crippen LogP contribution in [0.15, 0.2) is 18.2 Å². The Bertz CT molecular complexity index is 695. The van der Waals surface area contributed by atoms with Gasteiger partial charge in [0.2, 0.25) is 0 Å². The van der Waals surface area contributed by atoms with E-state index in [-0.39, 0.29) is 0 Å². The number of rotatable bonds is 30. The van der Waals surface area contributed by atoms with Gasteiger partial charge in [0.15, 0.2) is 0 Å². The van der Waals surface area contributed by atoms with E-state index in [2.05, 4.69) is 45.9 Å². The molecule has 41 heavy (non-hydrogen) atoms. The molecule has 0 aromatic heterocycles. The molecule has 0 aliphatic heterocycles. The lowest BCUT2D eigenvalue weighted by atomic mass is 9.83. The molecule has 3 nitrogen and oxygen atoms in total. The highest BCUT2D eigenvalue weighted by Crippen LogP contribution is 2.34. The summed E-state index contributed by atoms with van der Waals surface area (Å²) >= 11 is 0. The van der Waals surface area contributed by atoms with E-state index < -0.39 is 8.60 Å². The molecule has 1 aromatic rings. The van der Waals surface area contributed by atoms with Crippen molar-refractivity contribution in [2.45, 2.75) is 188 Å². The average molecular weight is 593 g/mol. The van der Waals surface area contributed by atoms with E-state index in [1.165, 1.54) is 140 Å². The van der Waals surface area contributed by atoms with Crippen LogP contribution in [0.4, 0.5) is 0 Å². The molecule has 2 atom stereocenters. The van der Waals surface area contributed by atoms with Gasteiger partial charge in [0.05, 0.1) is 13.2 Å². The first kappa shape index (κ1) is 38.6. The highest BCUT2D eigenvalue weighted by molar-refractivity contribution is 7.40. The Hall–Kier alpha value is -0.470. The standard InChI is InChI=1S/C37H69O3P/c1-5-8-11-13-14-15-16-17-18-20-24-31-39-41(38)40-32-25-21-23-28-35(27-22-19-12-9-6-2)37-33-34(4)29-30-36(37)26-10-7-3/h29-30,33,35,38H,5-28,31-32H2,1-4H3. The van der Waals surface area contributed by atoms with E-state index >= 15 is 0 Å². The summed E-state index contributed by atoms with van der Waals surface area (Å²) in [6, 6.07) is 7.19. The number of hydrogen-bond donors (Lipinski definition) is 1. The molecular formula is C37H69O3P. The van der Waals surface area contributed by atoms with Crippen LogP contribution in [0.25, 0.3) is 0 Å². The van der Waals surface area contributed by atoms with Gasteiger partial charge in [0.25, 0.3) is 0 Å². The number of hydrogen-bond acceptors (Lipinski definition) is 3. The minimum absolute atomic E-state index is 0.605. The van der Waals surface area contributed by atoms with E-state index in [4.69, 9.17) is 9.05 Å². The van der Waals surface area contributed by atoms with Crippen molar-refractivity contribution >= 4 is 8.60 Å². The molecule has 0 saturated heterocycles. The third kappa shape index (κ3) is 21.8. The molecule has 0 fully saturated rings. The number of unbranched alkanes of at least 4 members (excludes halogenated alkanes) is 17. The lowest BCUT2D eigenvalue weighted by Gasteiger charge is -2.22. The van der Waals surface area contributed by atoms with Crippen molar-refractivity contribution in [2.24, 2.45) is 0 Å². The van der Waals surface area contributed by atoms with Gasteiger partial charge in [0.1, 0.15) is 0 Å². The van der Waals surface area contributed by atoms with Crippen LogP contribution in [0.1, 0.15) is 191 Å². The van der Waals surface area contributed by atoms with Crippen LogP contribution in [-0.2, 0) is 15.5 Å². The van der Waals surface area contributed by atoms with Gasteiger partial charge in [-0.1, -0.05) is 160 Å². The minimum Gasteiger partial charge on any atom is -0.328 e. The van der Waals surface area contributed by atoms with Gasteiger partial charge in [0, 0.05) is 0 Å². The van der Waals surface area contributed by atoms with Gasteiger partial charge >= 0.3 is 8.60 Å². The molecule has 0 aliphatic carbocycles. The molecule has 1 N–H and O–H groups in total. The van der Waals surface area contributed by atoms with E-state index in [9.17, 15) is 4.89 Å². The SMILES string of the molecule is CCCCCCCCCCCCCOP(O)OCCCCCC(CCCCCCC)c1cc(C)ccc1CCCC. The van der Waals surface area contributed by atoms with Crippen LogP contribution in [-0.4, -0.2) is 18.1 Å². The second-order valence-electron chi connectivity index (χ2n) is 12.5. The third-order valence-electron chi connectivity index (χ3n) is 8.55. The van der Waals surface area contributed by atoms with Gasteiger partial charge in [-0.3, -0.25) is 0 Å². The van der Waals surface area contributed by atoms with Crippen LogP contribution in [0.5, 0.6) is 0 Å². The minimum atomic E-state index is -1.72. The molecule has 0 spiro atoms. The van der Waals surface area contributed by atoms with Crippen molar-refractivity contribution < 1.29 is 13.9 Å². The van der Waals surface area contributed by atoms with Crippen molar-refractivity contribution in [1.29, 1.82) is 0 Å². The smallest absolute Gasteiger partial charge is 0.328 e. The third-order valence-corrected chi connectivity index (χ3v) is 9.35. The van der Waals surface area contributed by atoms with Crippen LogP contribution < -0.4 is 0 Å². The van der Waals surface area contributed by atoms with Crippen molar-refractivity contribution in [3.63, 3.8) is 0 Å². The quantitative estimate of drug-likeness (QED) is 0.0713. The highest BCUT2D eigenvalue weighted by atomic mass is 31.2. The van der Waals surface area contributed by atoms with E-state index in [0.29, 0.717) is 19.1 Å². The fourth-order valence-corrected chi connectivity index (χ4v) is 6.54. The lowest BCUT2D eigenvalue weighted by Crippen LogP contribution is -2.05. The topological polar surface area (TPSA) is 38.7 Å². The zero-order chi connectivity index (χ0) is 29.8. The first-order valence-electron chi connectivity index (χ1n) is 18.0. The van der Waals surface area contributed by atoms with Gasteiger partial charge in [-0.05, 0) is 62.5 Å². The van der Waals surface area contributed by atoms with Gasteiger partial charge in [-0.15, -0.1) is 0 Å². The lowest BCUT2D eigenvalue weighted by molar-refractivity contribution is 0.193. The van der Waals surface area contributed by atoms with Crippen LogP contribution in [0.2, 0.25) is 0 Å². The number of benzene rings is 1. The second kappa shape index (κ2) is 28.3. The monoisotopic (exact) mass is 592 g/mol. The maximum Gasteiger partial charge on any atom is 0.329 e. The van der Waals surface area contributed by atoms with Crippen LogP contribution in [0.3, 0.4) is 0 Å². The van der Waals surface area contributed by atoms with Crippen LogP contribution >= 0.6 is 8.60 Å². The molecular weight excluding hydrogens is 523 g/mol. The molecule has 240 valence electrons. The highest BCUT2D eigenvalue weighted by Gasteiger charge is 2.16. The first-order chi connectivity index (χ1) is 20.1. The summed E-state index contributed by atoms with van der Waals surface area (Å²) < 4.78 is 11.2. The van der Waals surface area contributed by atoms with E-state index in [0.717, 1.165) is 19.3 Å². The maximum atomic E-state index is 10.1. The predicted molar refractivity (Wildman–Crippen MR) is 182 cm³/mol. The van der Waals surface area contributed by atoms with Crippen molar-refractivity contribution in [3.05, 3.63) is 34.9 Å². The summed E-state index contributed by atoms with van der Waals surface area (Å²) in [5.74, 6) is 0.674. The summed E-state index contributed by atoms with van der Waals surface area (Å²) in [5, 5.41) is 0. The fourth-order valence-electron chi connectivity index (χ4n) is 5.90. The predicted octanol–water partition coefficient (Wildman–Crippen LogP) is 12.9. The largest absolute Gasteiger partial charge is 0.329 e. The molecule has 0 bridgehead atoms. The van der Waals surface area contributed by atoms with Crippen LogP contribution in [0, 0.1) is 6.92 Å². The molecule has 1 aromatic carbocycles.